The van der Waals surface area contributed by atoms with Crippen LogP contribution in [0.3, 0.4) is 0 Å². The Morgan fingerprint density at radius 3 is 2.94 bits per heavy atom. The number of carbonyl (C=O) groups is 1. The second-order valence-electron chi connectivity index (χ2n) is 3.08. The van der Waals surface area contributed by atoms with Crippen molar-refractivity contribution in [2.45, 2.75) is 20.0 Å². The highest BCUT2D eigenvalue weighted by Gasteiger charge is 2.06. The molecule has 0 saturated carbocycles. The van der Waals surface area contributed by atoms with Crippen LogP contribution in [-0.4, -0.2) is 26.8 Å². The standard InChI is InChI=1S/C10H14N2O3S/c1-3-9(14)15-6-5-12-8(13)7-11(4-2)10(12)16/h3,7,13H,1,4-6H2,2H3. The highest BCUT2D eigenvalue weighted by molar-refractivity contribution is 7.71. The van der Waals surface area contributed by atoms with Crippen molar-refractivity contribution in [3.05, 3.63) is 23.6 Å². The largest absolute Gasteiger partial charge is 0.493 e. The molecule has 1 aromatic heterocycles. The lowest BCUT2D eigenvalue weighted by Gasteiger charge is -2.04. The highest BCUT2D eigenvalue weighted by atomic mass is 32.1. The SMILES string of the molecule is C=CC(=O)OCCn1c(O)cn(CC)c1=S. The third-order valence-corrected chi connectivity index (χ3v) is 2.55. The van der Waals surface area contributed by atoms with E-state index in [9.17, 15) is 9.90 Å². The van der Waals surface area contributed by atoms with E-state index in [1.54, 1.807) is 10.8 Å². The van der Waals surface area contributed by atoms with Crippen molar-refractivity contribution in [3.63, 3.8) is 0 Å². The van der Waals surface area contributed by atoms with Gasteiger partial charge in [-0.2, -0.15) is 0 Å². The van der Waals surface area contributed by atoms with Crippen LogP contribution in [0.15, 0.2) is 18.9 Å². The molecule has 0 amide bonds. The number of aromatic hydroxyl groups is 1. The fourth-order valence-corrected chi connectivity index (χ4v) is 1.62. The Kier molecular flexibility index (Phi) is 4.30. The zero-order valence-electron chi connectivity index (χ0n) is 9.05. The van der Waals surface area contributed by atoms with Crippen molar-refractivity contribution >= 4 is 18.2 Å². The number of hydrogen-bond acceptors (Lipinski definition) is 4. The molecule has 0 bridgehead atoms. The lowest BCUT2D eigenvalue weighted by atomic mass is 10.6. The number of imidazole rings is 1. The maximum absolute atomic E-state index is 10.8. The third-order valence-electron chi connectivity index (χ3n) is 2.09. The van der Waals surface area contributed by atoms with Gasteiger partial charge in [0.05, 0.1) is 12.7 Å². The van der Waals surface area contributed by atoms with Gasteiger partial charge in [-0.1, -0.05) is 6.58 Å². The zero-order valence-corrected chi connectivity index (χ0v) is 9.87. The molecular weight excluding hydrogens is 228 g/mol. The second-order valence-corrected chi connectivity index (χ2v) is 3.44. The Hall–Kier alpha value is -1.56. The first-order chi connectivity index (χ1) is 7.60. The van der Waals surface area contributed by atoms with Gasteiger partial charge < -0.3 is 14.4 Å². The monoisotopic (exact) mass is 242 g/mol. The molecule has 6 heteroatoms. The molecule has 0 atom stereocenters. The van der Waals surface area contributed by atoms with Crippen LogP contribution < -0.4 is 0 Å². The summed E-state index contributed by atoms with van der Waals surface area (Å²) in [6.45, 7) is 6.38. The first kappa shape index (κ1) is 12.5. The number of hydrogen-bond donors (Lipinski definition) is 1. The number of carbonyl (C=O) groups excluding carboxylic acids is 1. The maximum atomic E-state index is 10.8. The molecule has 0 radical (unpaired) electrons. The summed E-state index contributed by atoms with van der Waals surface area (Å²) >= 11 is 5.12. The number of aromatic nitrogens is 2. The summed E-state index contributed by atoms with van der Waals surface area (Å²) in [6.07, 6.45) is 2.65. The highest BCUT2D eigenvalue weighted by Crippen LogP contribution is 2.12. The van der Waals surface area contributed by atoms with Gasteiger partial charge in [-0.15, -0.1) is 0 Å². The summed E-state index contributed by atoms with van der Waals surface area (Å²) in [4.78, 5) is 10.8. The van der Waals surface area contributed by atoms with E-state index < -0.39 is 5.97 Å². The van der Waals surface area contributed by atoms with Crippen molar-refractivity contribution in [1.29, 1.82) is 0 Å². The summed E-state index contributed by atoms with van der Waals surface area (Å²) in [7, 11) is 0. The van der Waals surface area contributed by atoms with Gasteiger partial charge in [-0.3, -0.25) is 4.57 Å². The van der Waals surface area contributed by atoms with Crippen molar-refractivity contribution in [1.82, 2.24) is 9.13 Å². The Balaban J connectivity index is 2.67. The fourth-order valence-electron chi connectivity index (χ4n) is 1.25. The van der Waals surface area contributed by atoms with Gasteiger partial charge in [0, 0.05) is 12.6 Å². The van der Waals surface area contributed by atoms with Gasteiger partial charge in [0.25, 0.3) is 0 Å². The summed E-state index contributed by atoms with van der Waals surface area (Å²) < 4.78 is 8.56. The van der Waals surface area contributed by atoms with Gasteiger partial charge in [0.2, 0.25) is 5.88 Å². The molecule has 0 unspecified atom stereocenters. The first-order valence-electron chi connectivity index (χ1n) is 4.88. The Labute approximate surface area is 98.6 Å². The lowest BCUT2D eigenvalue weighted by molar-refractivity contribution is -0.138. The molecule has 0 aliphatic heterocycles. The molecule has 0 saturated heterocycles. The van der Waals surface area contributed by atoms with Gasteiger partial charge in [0.1, 0.15) is 6.61 Å². The number of ether oxygens (including phenoxy) is 1. The topological polar surface area (TPSA) is 56.4 Å². The molecule has 1 heterocycles. The Morgan fingerprint density at radius 2 is 2.44 bits per heavy atom. The Morgan fingerprint density at radius 1 is 1.75 bits per heavy atom. The third kappa shape index (κ3) is 2.73. The molecule has 0 aliphatic rings. The van der Waals surface area contributed by atoms with E-state index in [4.69, 9.17) is 17.0 Å². The molecule has 0 aromatic carbocycles. The average Bonchev–Trinajstić information content (AvgIpc) is 2.55. The van der Waals surface area contributed by atoms with E-state index in [-0.39, 0.29) is 12.5 Å². The minimum Gasteiger partial charge on any atom is -0.493 e. The molecule has 5 nitrogen and oxygen atoms in total. The first-order valence-corrected chi connectivity index (χ1v) is 5.29. The summed E-state index contributed by atoms with van der Waals surface area (Å²) in [6, 6.07) is 0. The van der Waals surface area contributed by atoms with Crippen LogP contribution in [0.5, 0.6) is 5.88 Å². The second kappa shape index (κ2) is 5.50. The quantitative estimate of drug-likeness (QED) is 0.482. The molecule has 88 valence electrons. The normalized spacial score (nSPS) is 10.1. The van der Waals surface area contributed by atoms with E-state index in [2.05, 4.69) is 6.58 Å². The van der Waals surface area contributed by atoms with Crippen LogP contribution in [0.4, 0.5) is 0 Å². The summed E-state index contributed by atoms with van der Waals surface area (Å²) in [5.41, 5.74) is 0. The van der Waals surface area contributed by atoms with Crippen LogP contribution in [0, 0.1) is 4.77 Å². The number of nitrogens with zero attached hydrogens (tertiary/aromatic N) is 2. The van der Waals surface area contributed by atoms with Crippen molar-refractivity contribution < 1.29 is 14.6 Å². The molecular formula is C10H14N2O3S. The lowest BCUT2D eigenvalue weighted by Crippen LogP contribution is -2.09. The van der Waals surface area contributed by atoms with E-state index in [0.29, 0.717) is 17.9 Å². The smallest absolute Gasteiger partial charge is 0.330 e. The van der Waals surface area contributed by atoms with Crippen LogP contribution in [0.1, 0.15) is 6.92 Å². The molecule has 1 rings (SSSR count). The van der Waals surface area contributed by atoms with Crippen molar-refractivity contribution in [2.75, 3.05) is 6.61 Å². The fraction of sp³-hybridized carbons (Fsp3) is 0.400. The number of esters is 1. The van der Waals surface area contributed by atoms with Crippen LogP contribution in [0.25, 0.3) is 0 Å². The van der Waals surface area contributed by atoms with Crippen molar-refractivity contribution in [2.24, 2.45) is 0 Å². The molecule has 16 heavy (non-hydrogen) atoms. The molecule has 1 aromatic rings. The molecule has 1 N–H and O–H groups in total. The van der Waals surface area contributed by atoms with E-state index in [1.165, 1.54) is 4.57 Å². The van der Waals surface area contributed by atoms with Crippen LogP contribution >= 0.6 is 12.2 Å². The number of aryl methyl sites for hydroxylation is 1. The van der Waals surface area contributed by atoms with E-state index in [0.717, 1.165) is 6.08 Å². The summed E-state index contributed by atoms with van der Waals surface area (Å²) in [5, 5.41) is 9.58. The molecule has 0 fully saturated rings. The van der Waals surface area contributed by atoms with Crippen LogP contribution in [-0.2, 0) is 22.6 Å². The number of rotatable bonds is 5. The Bertz CT molecular complexity index is 447. The van der Waals surface area contributed by atoms with E-state index >= 15 is 0 Å². The minimum absolute atomic E-state index is 0.0708. The predicted octanol–water partition coefficient (Wildman–Crippen LogP) is 1.47. The predicted molar refractivity (Wildman–Crippen MR) is 61.8 cm³/mol. The summed E-state index contributed by atoms with van der Waals surface area (Å²) in [5.74, 6) is -0.414. The van der Waals surface area contributed by atoms with Crippen molar-refractivity contribution in [3.8, 4) is 5.88 Å². The van der Waals surface area contributed by atoms with Gasteiger partial charge in [-0.05, 0) is 19.1 Å². The molecule has 0 spiro atoms. The maximum Gasteiger partial charge on any atom is 0.330 e. The van der Waals surface area contributed by atoms with E-state index in [1.807, 2.05) is 6.92 Å². The van der Waals surface area contributed by atoms with Gasteiger partial charge in [0.15, 0.2) is 4.77 Å². The average molecular weight is 242 g/mol. The van der Waals surface area contributed by atoms with Gasteiger partial charge >= 0.3 is 5.97 Å². The minimum atomic E-state index is -0.485. The molecule has 0 aliphatic carbocycles. The van der Waals surface area contributed by atoms with Gasteiger partial charge in [-0.25, -0.2) is 4.79 Å². The van der Waals surface area contributed by atoms with Crippen LogP contribution in [0.2, 0.25) is 0 Å². The zero-order chi connectivity index (χ0) is 12.1.